The van der Waals surface area contributed by atoms with Gasteiger partial charge in [-0.15, -0.1) is 0 Å². The fourth-order valence-electron chi connectivity index (χ4n) is 4.65. The third-order valence-corrected chi connectivity index (χ3v) is 6.33. The van der Waals surface area contributed by atoms with E-state index in [0.717, 1.165) is 25.8 Å². The Bertz CT molecular complexity index is 587. The summed E-state index contributed by atoms with van der Waals surface area (Å²) in [5.74, 6) is -0.298. The SMILES string of the molecule is CNC(CC(=O)N(C(=O)[C@@H]1CCCN1)[C@H](C=O)CCCNC(=N)N)C1CCCCC1. The van der Waals surface area contributed by atoms with Gasteiger partial charge in [-0.3, -0.25) is 19.9 Å². The van der Waals surface area contributed by atoms with E-state index in [-0.39, 0.29) is 30.2 Å². The second kappa shape index (κ2) is 12.6. The van der Waals surface area contributed by atoms with Crippen LogP contribution in [-0.4, -0.2) is 67.2 Å². The number of carbonyl (C=O) groups is 3. The summed E-state index contributed by atoms with van der Waals surface area (Å²) in [5.41, 5.74) is 5.29. The minimum Gasteiger partial charge on any atom is -0.370 e. The molecule has 0 bridgehead atoms. The lowest BCUT2D eigenvalue weighted by molar-refractivity contribution is -0.151. The third kappa shape index (κ3) is 7.05. The number of amides is 2. The number of nitrogens with zero attached hydrogens (tertiary/aromatic N) is 1. The van der Waals surface area contributed by atoms with Gasteiger partial charge in [0, 0.05) is 19.0 Å². The fourth-order valence-corrected chi connectivity index (χ4v) is 4.65. The number of nitrogens with two attached hydrogens (primary N) is 1. The van der Waals surface area contributed by atoms with Gasteiger partial charge in [-0.2, -0.15) is 0 Å². The molecule has 0 radical (unpaired) electrons. The molecule has 2 rings (SSSR count). The Balaban J connectivity index is 2.09. The van der Waals surface area contributed by atoms with Gasteiger partial charge in [-0.1, -0.05) is 19.3 Å². The van der Waals surface area contributed by atoms with Crippen molar-refractivity contribution in [2.24, 2.45) is 11.7 Å². The number of aldehydes is 1. The highest BCUT2D eigenvalue weighted by Crippen LogP contribution is 2.28. The van der Waals surface area contributed by atoms with Crippen LogP contribution in [0.2, 0.25) is 0 Å². The molecule has 9 nitrogen and oxygen atoms in total. The Morgan fingerprint density at radius 1 is 1.23 bits per heavy atom. The molecular weight excluding hydrogens is 384 g/mol. The highest BCUT2D eigenvalue weighted by Gasteiger charge is 2.37. The van der Waals surface area contributed by atoms with E-state index in [4.69, 9.17) is 11.1 Å². The topological polar surface area (TPSA) is 140 Å². The summed E-state index contributed by atoms with van der Waals surface area (Å²) in [6.45, 7) is 1.16. The molecule has 1 saturated heterocycles. The van der Waals surface area contributed by atoms with E-state index in [0.29, 0.717) is 38.0 Å². The Morgan fingerprint density at radius 2 is 1.97 bits per heavy atom. The second-order valence-electron chi connectivity index (χ2n) is 8.43. The zero-order valence-corrected chi connectivity index (χ0v) is 18.1. The van der Waals surface area contributed by atoms with Crippen molar-refractivity contribution in [3.05, 3.63) is 0 Å². The molecule has 1 heterocycles. The standard InChI is InChI=1S/C21H38N6O3/c1-24-18(15-7-3-2-4-8-15)13-19(29)27(20(30)17-10-6-11-25-17)16(14-28)9-5-12-26-21(22)23/h14-18,24-25H,2-13H2,1H3,(H4,22,23,26)/t16-,17-,18?/m0/s1. The molecule has 9 heteroatoms. The zero-order chi connectivity index (χ0) is 21.9. The van der Waals surface area contributed by atoms with E-state index >= 15 is 0 Å². The van der Waals surface area contributed by atoms with Crippen LogP contribution in [-0.2, 0) is 14.4 Å². The van der Waals surface area contributed by atoms with Crippen LogP contribution in [0.1, 0.15) is 64.2 Å². The van der Waals surface area contributed by atoms with Crippen molar-refractivity contribution >= 4 is 24.1 Å². The van der Waals surface area contributed by atoms with E-state index in [1.165, 1.54) is 24.2 Å². The molecule has 0 aromatic rings. The first kappa shape index (κ1) is 24.3. The largest absolute Gasteiger partial charge is 0.370 e. The first-order valence-electron chi connectivity index (χ1n) is 11.3. The highest BCUT2D eigenvalue weighted by atomic mass is 16.2. The van der Waals surface area contributed by atoms with Gasteiger partial charge < -0.3 is 26.5 Å². The van der Waals surface area contributed by atoms with Crippen LogP contribution in [0.25, 0.3) is 0 Å². The van der Waals surface area contributed by atoms with Gasteiger partial charge in [-0.05, 0) is 58.0 Å². The monoisotopic (exact) mass is 422 g/mol. The van der Waals surface area contributed by atoms with Gasteiger partial charge in [0.1, 0.15) is 6.29 Å². The maximum atomic E-state index is 13.3. The van der Waals surface area contributed by atoms with E-state index in [9.17, 15) is 14.4 Å². The van der Waals surface area contributed by atoms with Crippen LogP contribution >= 0.6 is 0 Å². The van der Waals surface area contributed by atoms with Crippen molar-refractivity contribution in [3.8, 4) is 0 Å². The number of hydrogen-bond donors (Lipinski definition) is 5. The molecule has 0 aromatic heterocycles. The summed E-state index contributed by atoms with van der Waals surface area (Å²) in [7, 11) is 1.86. The molecule has 1 saturated carbocycles. The summed E-state index contributed by atoms with van der Waals surface area (Å²) in [6, 6.07) is -1.20. The van der Waals surface area contributed by atoms with Gasteiger partial charge in [-0.25, -0.2) is 0 Å². The number of carbonyl (C=O) groups excluding carboxylic acids is 3. The van der Waals surface area contributed by atoms with Crippen molar-refractivity contribution in [1.82, 2.24) is 20.9 Å². The van der Waals surface area contributed by atoms with Crippen LogP contribution in [0.4, 0.5) is 0 Å². The van der Waals surface area contributed by atoms with Crippen LogP contribution in [0.3, 0.4) is 0 Å². The zero-order valence-electron chi connectivity index (χ0n) is 18.1. The predicted molar refractivity (Wildman–Crippen MR) is 116 cm³/mol. The summed E-state index contributed by atoms with van der Waals surface area (Å²) < 4.78 is 0. The highest BCUT2D eigenvalue weighted by molar-refractivity contribution is 6.00. The minimum atomic E-state index is -0.801. The molecule has 2 amide bonds. The van der Waals surface area contributed by atoms with E-state index in [1.807, 2.05) is 7.05 Å². The summed E-state index contributed by atoms with van der Waals surface area (Å²) in [4.78, 5) is 39.6. The lowest BCUT2D eigenvalue weighted by Gasteiger charge is -2.33. The number of rotatable bonds is 11. The van der Waals surface area contributed by atoms with Crippen LogP contribution in [0.5, 0.6) is 0 Å². The maximum Gasteiger partial charge on any atom is 0.246 e. The first-order valence-corrected chi connectivity index (χ1v) is 11.3. The summed E-state index contributed by atoms with van der Waals surface area (Å²) >= 11 is 0. The fraction of sp³-hybridized carbons (Fsp3) is 0.810. The van der Waals surface area contributed by atoms with Crippen molar-refractivity contribution in [3.63, 3.8) is 0 Å². The Kier molecular flexibility index (Phi) is 10.2. The lowest BCUT2D eigenvalue weighted by atomic mass is 9.82. The summed E-state index contributed by atoms with van der Waals surface area (Å²) in [5, 5.41) is 16.3. The first-order chi connectivity index (χ1) is 14.5. The Morgan fingerprint density at radius 3 is 2.53 bits per heavy atom. The molecule has 2 fully saturated rings. The molecule has 1 aliphatic carbocycles. The van der Waals surface area contributed by atoms with E-state index < -0.39 is 12.1 Å². The van der Waals surface area contributed by atoms with Gasteiger partial charge in [0.25, 0.3) is 0 Å². The van der Waals surface area contributed by atoms with Crippen LogP contribution in [0.15, 0.2) is 0 Å². The molecule has 0 spiro atoms. The molecule has 0 aromatic carbocycles. The molecule has 1 unspecified atom stereocenters. The van der Waals surface area contributed by atoms with Crippen molar-refractivity contribution < 1.29 is 14.4 Å². The van der Waals surface area contributed by atoms with Crippen LogP contribution < -0.4 is 21.7 Å². The van der Waals surface area contributed by atoms with Gasteiger partial charge in [0.15, 0.2) is 5.96 Å². The normalized spacial score (nSPS) is 21.6. The van der Waals surface area contributed by atoms with Gasteiger partial charge >= 0.3 is 0 Å². The minimum absolute atomic E-state index is 0.0105. The van der Waals surface area contributed by atoms with Gasteiger partial charge in [0.2, 0.25) is 11.8 Å². The Hall–Kier alpha value is -2.00. The molecule has 2 aliphatic rings. The van der Waals surface area contributed by atoms with E-state index in [2.05, 4.69) is 16.0 Å². The van der Waals surface area contributed by atoms with Crippen molar-refractivity contribution in [2.45, 2.75) is 82.3 Å². The number of nitrogens with one attached hydrogen (secondary N) is 4. The third-order valence-electron chi connectivity index (χ3n) is 6.33. The summed E-state index contributed by atoms with van der Waals surface area (Å²) in [6.07, 6.45) is 9.11. The van der Waals surface area contributed by atoms with Crippen LogP contribution in [0, 0.1) is 11.3 Å². The number of imide groups is 1. The molecule has 6 N–H and O–H groups in total. The predicted octanol–water partition coefficient (Wildman–Crippen LogP) is 0.483. The smallest absolute Gasteiger partial charge is 0.246 e. The average Bonchev–Trinajstić information content (AvgIpc) is 3.29. The van der Waals surface area contributed by atoms with E-state index in [1.54, 1.807) is 0 Å². The maximum absolute atomic E-state index is 13.3. The lowest BCUT2D eigenvalue weighted by Crippen LogP contribution is -2.53. The number of guanidine groups is 1. The quantitative estimate of drug-likeness (QED) is 0.141. The molecular formula is C21H38N6O3. The average molecular weight is 423 g/mol. The molecule has 1 aliphatic heterocycles. The molecule has 170 valence electrons. The Labute approximate surface area is 179 Å². The second-order valence-corrected chi connectivity index (χ2v) is 8.43. The molecule has 30 heavy (non-hydrogen) atoms. The van der Waals surface area contributed by atoms with Crippen molar-refractivity contribution in [2.75, 3.05) is 20.1 Å². The number of hydrogen-bond acceptors (Lipinski definition) is 6. The van der Waals surface area contributed by atoms with Gasteiger partial charge in [0.05, 0.1) is 12.1 Å². The molecule has 3 atom stereocenters. The van der Waals surface area contributed by atoms with Crippen molar-refractivity contribution in [1.29, 1.82) is 5.41 Å².